The first-order valence-corrected chi connectivity index (χ1v) is 10.5. The number of hydrogen-bond acceptors (Lipinski definition) is 7. The summed E-state index contributed by atoms with van der Waals surface area (Å²) in [5, 5.41) is 0. The minimum absolute atomic E-state index is 0.0643. The van der Waals surface area contributed by atoms with Crippen molar-refractivity contribution in [3.8, 4) is 11.5 Å². The summed E-state index contributed by atoms with van der Waals surface area (Å²) in [6.45, 7) is 2.37. The number of ether oxygens (including phenoxy) is 3. The van der Waals surface area contributed by atoms with Crippen molar-refractivity contribution in [2.45, 2.75) is 17.9 Å². The lowest BCUT2D eigenvalue weighted by Crippen LogP contribution is -2.30. The number of carbonyl (C=O) groups is 1. The van der Waals surface area contributed by atoms with Crippen LogP contribution in [-0.2, 0) is 19.0 Å². The Hall–Kier alpha value is -2.78. The molecule has 1 aliphatic rings. The lowest BCUT2D eigenvalue weighted by Gasteiger charge is -2.15. The second-order valence-corrected chi connectivity index (χ2v) is 8.12. The van der Waals surface area contributed by atoms with Crippen LogP contribution in [0.25, 0.3) is 0 Å². The van der Waals surface area contributed by atoms with E-state index < -0.39 is 22.3 Å². The van der Waals surface area contributed by atoms with Gasteiger partial charge < -0.3 is 19.1 Å². The number of methoxy groups -OCH3 is 1. The Morgan fingerprint density at radius 2 is 1.79 bits per heavy atom. The molecule has 1 amide bonds. The summed E-state index contributed by atoms with van der Waals surface area (Å²) in [5.74, 6) is 1.18. The zero-order valence-corrected chi connectivity index (χ0v) is 17.1. The van der Waals surface area contributed by atoms with Crippen LogP contribution in [0.5, 0.6) is 11.5 Å². The Morgan fingerprint density at radius 3 is 2.48 bits per heavy atom. The molecular formula is C20H23NO7S. The van der Waals surface area contributed by atoms with Crippen LogP contribution in [0.15, 0.2) is 53.4 Å². The summed E-state index contributed by atoms with van der Waals surface area (Å²) >= 11 is 0. The van der Waals surface area contributed by atoms with Crippen LogP contribution in [0, 0.1) is 6.92 Å². The molecule has 2 aromatic rings. The molecule has 1 heterocycles. The summed E-state index contributed by atoms with van der Waals surface area (Å²) in [4.78, 5) is 13.5. The largest absolute Gasteiger partial charge is 0.493 e. The molecule has 2 aromatic carbocycles. The molecule has 1 saturated heterocycles. The number of aryl methyl sites for hydroxylation is 1. The molecule has 156 valence electrons. The van der Waals surface area contributed by atoms with Crippen molar-refractivity contribution < 1.29 is 31.6 Å². The third kappa shape index (κ3) is 5.39. The van der Waals surface area contributed by atoms with Crippen molar-refractivity contribution in [2.75, 3.05) is 33.4 Å². The van der Waals surface area contributed by atoms with Crippen molar-refractivity contribution in [1.82, 2.24) is 4.90 Å². The summed E-state index contributed by atoms with van der Waals surface area (Å²) < 4.78 is 45.6. The van der Waals surface area contributed by atoms with Crippen LogP contribution in [0.2, 0.25) is 0 Å². The van der Waals surface area contributed by atoms with Crippen molar-refractivity contribution in [2.24, 2.45) is 0 Å². The van der Waals surface area contributed by atoms with E-state index in [4.69, 9.17) is 18.4 Å². The number of carbonyl (C=O) groups excluding carboxylic acids is 1. The number of benzene rings is 2. The minimum atomic E-state index is -3.91. The van der Waals surface area contributed by atoms with Gasteiger partial charge in [-0.05, 0) is 31.2 Å². The predicted molar refractivity (Wildman–Crippen MR) is 105 cm³/mol. The van der Waals surface area contributed by atoms with Gasteiger partial charge in [0.1, 0.15) is 19.3 Å². The quantitative estimate of drug-likeness (QED) is 0.575. The van der Waals surface area contributed by atoms with Gasteiger partial charge in [-0.25, -0.2) is 4.79 Å². The molecule has 0 spiro atoms. The van der Waals surface area contributed by atoms with E-state index in [9.17, 15) is 13.2 Å². The van der Waals surface area contributed by atoms with E-state index in [1.807, 2.05) is 19.1 Å². The van der Waals surface area contributed by atoms with Crippen LogP contribution in [0.3, 0.4) is 0 Å². The number of nitrogens with zero attached hydrogens (tertiary/aromatic N) is 1. The van der Waals surface area contributed by atoms with Gasteiger partial charge in [0, 0.05) is 0 Å². The van der Waals surface area contributed by atoms with Crippen molar-refractivity contribution in [1.29, 1.82) is 0 Å². The summed E-state index contributed by atoms with van der Waals surface area (Å²) in [5.41, 5.74) is 0.944. The fraction of sp³-hybridized carbons (Fsp3) is 0.350. The molecule has 0 aromatic heterocycles. The van der Waals surface area contributed by atoms with Gasteiger partial charge in [-0.2, -0.15) is 8.42 Å². The van der Waals surface area contributed by atoms with Gasteiger partial charge in [0.2, 0.25) is 0 Å². The predicted octanol–water partition coefficient (Wildman–Crippen LogP) is 2.61. The first-order chi connectivity index (χ1) is 13.9. The minimum Gasteiger partial charge on any atom is -0.493 e. The van der Waals surface area contributed by atoms with Gasteiger partial charge in [-0.15, -0.1) is 0 Å². The molecule has 1 atom stereocenters. The molecule has 3 rings (SSSR count). The Morgan fingerprint density at radius 1 is 1.10 bits per heavy atom. The van der Waals surface area contributed by atoms with E-state index >= 15 is 0 Å². The molecular weight excluding hydrogens is 398 g/mol. The molecule has 0 bridgehead atoms. The number of para-hydroxylation sites is 2. The molecule has 0 unspecified atom stereocenters. The highest BCUT2D eigenvalue weighted by molar-refractivity contribution is 7.86. The molecule has 0 radical (unpaired) electrons. The second-order valence-electron chi connectivity index (χ2n) is 6.50. The summed E-state index contributed by atoms with van der Waals surface area (Å²) in [6.07, 6.45) is -1.20. The molecule has 8 nitrogen and oxygen atoms in total. The Bertz CT molecular complexity index is 944. The first-order valence-electron chi connectivity index (χ1n) is 9.06. The van der Waals surface area contributed by atoms with Crippen LogP contribution < -0.4 is 9.47 Å². The van der Waals surface area contributed by atoms with Gasteiger partial charge >= 0.3 is 6.09 Å². The zero-order chi connectivity index (χ0) is 20.9. The molecule has 1 fully saturated rings. The number of hydrogen-bond donors (Lipinski definition) is 0. The molecule has 1 aliphatic heterocycles. The Labute approximate surface area is 170 Å². The van der Waals surface area contributed by atoms with Gasteiger partial charge in [-0.3, -0.25) is 4.18 Å². The van der Waals surface area contributed by atoms with Gasteiger partial charge in [-0.1, -0.05) is 29.8 Å². The molecule has 9 heteroatoms. The maximum absolute atomic E-state index is 12.2. The third-order valence-corrected chi connectivity index (χ3v) is 5.65. The fourth-order valence-electron chi connectivity index (χ4n) is 2.79. The highest BCUT2D eigenvalue weighted by Crippen LogP contribution is 2.25. The molecule has 0 aliphatic carbocycles. The van der Waals surface area contributed by atoms with E-state index in [0.29, 0.717) is 11.5 Å². The number of cyclic esters (lactones) is 1. The summed E-state index contributed by atoms with van der Waals surface area (Å²) in [7, 11) is -2.36. The lowest BCUT2D eigenvalue weighted by atomic mass is 10.2. The van der Waals surface area contributed by atoms with E-state index in [1.165, 1.54) is 17.0 Å². The maximum Gasteiger partial charge on any atom is 0.410 e. The first kappa shape index (κ1) is 20.9. The van der Waals surface area contributed by atoms with E-state index in [0.717, 1.165) is 5.56 Å². The van der Waals surface area contributed by atoms with E-state index in [-0.39, 0.29) is 31.2 Å². The average molecular weight is 421 g/mol. The van der Waals surface area contributed by atoms with Crippen molar-refractivity contribution >= 4 is 16.2 Å². The van der Waals surface area contributed by atoms with Gasteiger partial charge in [0.25, 0.3) is 10.1 Å². The van der Waals surface area contributed by atoms with E-state index in [1.54, 1.807) is 31.4 Å². The SMILES string of the molecule is COc1ccccc1OCCN1C[C@@H](COS(=O)(=O)c2ccc(C)cc2)OC1=O. The number of rotatable bonds is 9. The third-order valence-electron chi connectivity index (χ3n) is 4.36. The standard InChI is InChI=1S/C20H23NO7S/c1-15-7-9-17(10-8-15)29(23,24)27-14-16-13-21(20(22)28-16)11-12-26-19-6-4-3-5-18(19)25-2/h3-10,16H,11-14H2,1-2H3/t16-/m0/s1. The molecule has 0 saturated carbocycles. The van der Waals surface area contributed by atoms with E-state index in [2.05, 4.69) is 0 Å². The van der Waals surface area contributed by atoms with Gasteiger partial charge in [0.15, 0.2) is 11.5 Å². The molecule has 0 N–H and O–H groups in total. The normalized spacial score (nSPS) is 16.6. The monoisotopic (exact) mass is 421 g/mol. The maximum atomic E-state index is 12.2. The van der Waals surface area contributed by atoms with Crippen LogP contribution >= 0.6 is 0 Å². The Kier molecular flexibility index (Phi) is 6.60. The lowest BCUT2D eigenvalue weighted by molar-refractivity contribution is 0.104. The average Bonchev–Trinajstić information content (AvgIpc) is 3.07. The van der Waals surface area contributed by atoms with Crippen LogP contribution in [-0.4, -0.2) is 58.9 Å². The van der Waals surface area contributed by atoms with Crippen LogP contribution in [0.4, 0.5) is 4.79 Å². The van der Waals surface area contributed by atoms with Crippen molar-refractivity contribution in [3.05, 3.63) is 54.1 Å². The van der Waals surface area contributed by atoms with Gasteiger partial charge in [0.05, 0.1) is 25.1 Å². The molecule has 29 heavy (non-hydrogen) atoms. The van der Waals surface area contributed by atoms with Crippen molar-refractivity contribution in [3.63, 3.8) is 0 Å². The Balaban J connectivity index is 1.48. The fourth-order valence-corrected chi connectivity index (χ4v) is 3.72. The summed E-state index contributed by atoms with van der Waals surface area (Å²) in [6, 6.07) is 13.5. The topological polar surface area (TPSA) is 91.4 Å². The smallest absolute Gasteiger partial charge is 0.410 e. The highest BCUT2D eigenvalue weighted by atomic mass is 32.2. The number of amides is 1. The zero-order valence-electron chi connectivity index (χ0n) is 16.2. The highest BCUT2D eigenvalue weighted by Gasteiger charge is 2.32. The van der Waals surface area contributed by atoms with Crippen LogP contribution in [0.1, 0.15) is 5.56 Å². The second kappa shape index (κ2) is 9.15.